The Morgan fingerprint density at radius 1 is 1.40 bits per heavy atom. The number of unbranched alkanes of at least 4 members (excludes halogenated alkanes) is 1. The monoisotopic (exact) mass is 138 g/mol. The summed E-state index contributed by atoms with van der Waals surface area (Å²) in [6.07, 6.45) is 6.80. The molecule has 0 saturated carbocycles. The largest absolute Gasteiger partial charge is 0.347 e. The third-order valence-electron chi connectivity index (χ3n) is 2.09. The summed E-state index contributed by atoms with van der Waals surface area (Å²) < 4.78 is 0. The molecule has 0 bridgehead atoms. The van der Waals surface area contributed by atoms with Crippen molar-refractivity contribution < 1.29 is 0 Å². The summed E-state index contributed by atoms with van der Waals surface area (Å²) in [5.41, 5.74) is 0. The predicted octanol–water partition coefficient (Wildman–Crippen LogP) is 1.92. The Labute approximate surface area is 65.1 Å². The fourth-order valence-corrected chi connectivity index (χ4v) is 1.39. The zero-order valence-corrected chi connectivity index (χ0v) is 6.97. The number of nitrogens with zero attached hydrogens (tertiary/aromatic N) is 1. The highest BCUT2D eigenvalue weighted by molar-refractivity contribution is 6.32. The van der Waals surface area contributed by atoms with E-state index in [9.17, 15) is 0 Å². The fourth-order valence-electron chi connectivity index (χ4n) is 1.39. The van der Waals surface area contributed by atoms with Crippen LogP contribution in [0.1, 0.15) is 32.6 Å². The molecule has 1 nitrogen and oxygen atoms in total. The second-order valence-corrected chi connectivity index (χ2v) is 3.07. The van der Waals surface area contributed by atoms with Gasteiger partial charge in [-0.1, -0.05) is 26.1 Å². The minimum atomic E-state index is 1.29. The first-order valence-corrected chi connectivity index (χ1v) is 4.51. The van der Waals surface area contributed by atoms with Gasteiger partial charge in [0.2, 0.25) is 7.41 Å². The minimum absolute atomic E-state index is 1.29. The van der Waals surface area contributed by atoms with Gasteiger partial charge in [-0.25, -0.2) is 0 Å². The van der Waals surface area contributed by atoms with Crippen molar-refractivity contribution in [3.63, 3.8) is 0 Å². The van der Waals surface area contributed by atoms with Crippen LogP contribution in [0.5, 0.6) is 0 Å². The van der Waals surface area contributed by atoms with Crippen molar-refractivity contribution in [2.75, 3.05) is 13.1 Å². The van der Waals surface area contributed by atoms with Crippen molar-refractivity contribution >= 4 is 7.41 Å². The van der Waals surface area contributed by atoms with Gasteiger partial charge in [0, 0.05) is 0 Å². The Bertz CT molecular complexity index is 79.3. The first kappa shape index (κ1) is 8.12. The third kappa shape index (κ3) is 2.74. The van der Waals surface area contributed by atoms with Crippen LogP contribution in [-0.4, -0.2) is 25.3 Å². The molecule has 0 aromatic rings. The Kier molecular flexibility index (Phi) is 3.88. The average Bonchev–Trinajstić information content (AvgIpc) is 2.03. The molecule has 0 unspecified atom stereocenters. The van der Waals surface area contributed by atoms with Crippen LogP contribution in [0, 0.1) is 0 Å². The van der Waals surface area contributed by atoms with Crippen molar-refractivity contribution in [3.8, 4) is 0 Å². The van der Waals surface area contributed by atoms with Crippen LogP contribution < -0.4 is 0 Å². The van der Waals surface area contributed by atoms with E-state index < -0.39 is 0 Å². The zero-order chi connectivity index (χ0) is 7.23. The van der Waals surface area contributed by atoms with Crippen molar-refractivity contribution in [1.29, 1.82) is 0 Å². The molecule has 57 valence electrons. The molecule has 0 atom stereocenters. The van der Waals surface area contributed by atoms with Gasteiger partial charge in [-0.3, -0.25) is 0 Å². The number of rotatable bonds is 3. The lowest BCUT2D eigenvalue weighted by molar-refractivity contribution is 0.399. The summed E-state index contributed by atoms with van der Waals surface area (Å²) in [6.45, 7) is 4.85. The lowest BCUT2D eigenvalue weighted by Gasteiger charge is -2.25. The number of hydrogen-bond acceptors (Lipinski definition) is 1. The Balaban J connectivity index is 2.02. The summed E-state index contributed by atoms with van der Waals surface area (Å²) in [7, 11) is 2.37. The maximum atomic E-state index is 2.48. The lowest BCUT2D eigenvalue weighted by atomic mass is 9.79. The van der Waals surface area contributed by atoms with Gasteiger partial charge in [-0.05, 0) is 25.9 Å². The van der Waals surface area contributed by atoms with Crippen molar-refractivity contribution in [1.82, 2.24) is 4.81 Å². The van der Waals surface area contributed by atoms with Gasteiger partial charge in [0.05, 0.1) is 0 Å². The molecule has 0 aliphatic carbocycles. The van der Waals surface area contributed by atoms with E-state index in [4.69, 9.17) is 0 Å². The van der Waals surface area contributed by atoms with Crippen LogP contribution in [0.25, 0.3) is 0 Å². The molecule has 0 aromatic heterocycles. The Morgan fingerprint density at radius 2 is 2.30 bits per heavy atom. The van der Waals surface area contributed by atoms with Crippen LogP contribution in [0.15, 0.2) is 0 Å². The van der Waals surface area contributed by atoms with E-state index in [2.05, 4.69) is 19.1 Å². The molecule has 1 rings (SSSR count). The fraction of sp³-hybridized carbons (Fsp3) is 1.00. The molecule has 0 N–H and O–H groups in total. The van der Waals surface area contributed by atoms with Crippen LogP contribution in [0.4, 0.5) is 0 Å². The molecule has 2 heteroatoms. The summed E-state index contributed by atoms with van der Waals surface area (Å²) >= 11 is 0. The highest BCUT2D eigenvalue weighted by atomic mass is 15.0. The van der Waals surface area contributed by atoms with Gasteiger partial charge in [0.1, 0.15) is 0 Å². The second kappa shape index (κ2) is 4.78. The molecule has 0 aromatic carbocycles. The molecular formula is C8H17BN. The van der Waals surface area contributed by atoms with Crippen LogP contribution in [0.3, 0.4) is 0 Å². The Hall–Kier alpha value is 0.0249. The quantitative estimate of drug-likeness (QED) is 0.538. The maximum absolute atomic E-state index is 2.48. The number of hydrogen-bond donors (Lipinski definition) is 0. The maximum Gasteiger partial charge on any atom is 0.208 e. The standard InChI is InChI=1S/C8H17BN/c1-2-3-7-10-8-5-4-6-9-10/h2-8H2,1H3. The topological polar surface area (TPSA) is 3.24 Å². The smallest absolute Gasteiger partial charge is 0.208 e. The summed E-state index contributed by atoms with van der Waals surface area (Å²) in [5.74, 6) is 0. The molecular weight excluding hydrogens is 121 g/mol. The molecule has 1 fully saturated rings. The van der Waals surface area contributed by atoms with Gasteiger partial charge in [-0.15, -0.1) is 0 Å². The molecule has 1 aliphatic rings. The van der Waals surface area contributed by atoms with E-state index >= 15 is 0 Å². The SMILES string of the molecule is CCCCN1[B]CCCC1. The molecule has 0 spiro atoms. The third-order valence-corrected chi connectivity index (χ3v) is 2.09. The van der Waals surface area contributed by atoms with E-state index in [1.54, 1.807) is 0 Å². The Morgan fingerprint density at radius 3 is 2.90 bits per heavy atom. The molecule has 1 heterocycles. The summed E-state index contributed by atoms with van der Waals surface area (Å²) in [4.78, 5) is 2.48. The van der Waals surface area contributed by atoms with Gasteiger partial charge in [0.25, 0.3) is 0 Å². The van der Waals surface area contributed by atoms with Gasteiger partial charge < -0.3 is 4.81 Å². The first-order chi connectivity index (χ1) is 4.93. The van der Waals surface area contributed by atoms with Crippen molar-refractivity contribution in [2.24, 2.45) is 0 Å². The van der Waals surface area contributed by atoms with Crippen LogP contribution >= 0.6 is 0 Å². The molecule has 1 saturated heterocycles. The van der Waals surface area contributed by atoms with E-state index in [-0.39, 0.29) is 0 Å². The van der Waals surface area contributed by atoms with Crippen molar-refractivity contribution in [3.05, 3.63) is 0 Å². The van der Waals surface area contributed by atoms with Crippen molar-refractivity contribution in [2.45, 2.75) is 38.9 Å². The zero-order valence-electron chi connectivity index (χ0n) is 6.97. The minimum Gasteiger partial charge on any atom is -0.347 e. The molecule has 10 heavy (non-hydrogen) atoms. The molecule has 1 radical (unpaired) electrons. The van der Waals surface area contributed by atoms with Crippen LogP contribution in [-0.2, 0) is 0 Å². The van der Waals surface area contributed by atoms with E-state index in [0.29, 0.717) is 0 Å². The van der Waals surface area contributed by atoms with Gasteiger partial charge >= 0.3 is 0 Å². The van der Waals surface area contributed by atoms with E-state index in [1.807, 2.05) is 0 Å². The second-order valence-electron chi connectivity index (χ2n) is 3.07. The first-order valence-electron chi connectivity index (χ1n) is 4.51. The average molecular weight is 138 g/mol. The lowest BCUT2D eigenvalue weighted by Crippen LogP contribution is -2.32. The van der Waals surface area contributed by atoms with E-state index in [0.717, 1.165) is 0 Å². The van der Waals surface area contributed by atoms with E-state index in [1.165, 1.54) is 45.1 Å². The summed E-state index contributed by atoms with van der Waals surface area (Å²) in [6, 6.07) is 0. The predicted molar refractivity (Wildman–Crippen MR) is 46.3 cm³/mol. The highest BCUT2D eigenvalue weighted by Crippen LogP contribution is 2.07. The molecule has 1 aliphatic heterocycles. The highest BCUT2D eigenvalue weighted by Gasteiger charge is 2.09. The van der Waals surface area contributed by atoms with Gasteiger partial charge in [-0.2, -0.15) is 0 Å². The van der Waals surface area contributed by atoms with Crippen LogP contribution in [0.2, 0.25) is 6.32 Å². The van der Waals surface area contributed by atoms with Gasteiger partial charge in [0.15, 0.2) is 0 Å². The normalized spacial score (nSPS) is 20.5. The molecule has 0 amide bonds. The summed E-state index contributed by atoms with van der Waals surface area (Å²) in [5, 5.41) is 0.